The number of nitrogens with one attached hydrogen (secondary N) is 1. The minimum Gasteiger partial charge on any atom is -0.345 e. The van der Waals surface area contributed by atoms with E-state index in [4.69, 9.17) is 0 Å². The number of amides is 2. The lowest BCUT2D eigenvalue weighted by molar-refractivity contribution is 0.0679. The Morgan fingerprint density at radius 1 is 1.25 bits per heavy atom. The van der Waals surface area contributed by atoms with Crippen LogP contribution in [0.1, 0.15) is 46.4 Å². The predicted molar refractivity (Wildman–Crippen MR) is 105 cm³/mol. The van der Waals surface area contributed by atoms with E-state index in [1.54, 1.807) is 23.0 Å². The molecule has 4 rings (SSSR count). The standard InChI is InChI=1S/C21H23N5O2/c1-15-6-5-10-25(14-15)21(28)18-17-8-2-3-11-26(17)19(24-18)20(27)23-13-16-7-4-9-22-12-16/h2-4,7-9,11-12,15H,5-6,10,13-14H2,1H3,(H,23,27). The summed E-state index contributed by atoms with van der Waals surface area (Å²) < 4.78 is 1.68. The maximum atomic E-state index is 13.1. The number of piperidine rings is 1. The molecule has 4 heterocycles. The first kappa shape index (κ1) is 18.2. The van der Waals surface area contributed by atoms with Gasteiger partial charge >= 0.3 is 0 Å². The second-order valence-corrected chi connectivity index (χ2v) is 7.28. The van der Waals surface area contributed by atoms with Gasteiger partial charge < -0.3 is 10.2 Å². The quantitative estimate of drug-likeness (QED) is 0.758. The van der Waals surface area contributed by atoms with Crippen molar-refractivity contribution in [3.05, 3.63) is 66.0 Å². The van der Waals surface area contributed by atoms with Crippen molar-refractivity contribution in [2.75, 3.05) is 13.1 Å². The van der Waals surface area contributed by atoms with Crippen LogP contribution in [0.5, 0.6) is 0 Å². The van der Waals surface area contributed by atoms with Crippen molar-refractivity contribution < 1.29 is 9.59 Å². The number of carbonyl (C=O) groups excluding carboxylic acids is 2. The van der Waals surface area contributed by atoms with Gasteiger partial charge in [-0.2, -0.15) is 0 Å². The summed E-state index contributed by atoms with van der Waals surface area (Å²) in [7, 11) is 0. The Bertz CT molecular complexity index is 998. The first-order valence-corrected chi connectivity index (χ1v) is 9.57. The molecule has 1 N–H and O–H groups in total. The molecule has 0 spiro atoms. The molecule has 0 aliphatic carbocycles. The lowest BCUT2D eigenvalue weighted by Crippen LogP contribution is -2.39. The van der Waals surface area contributed by atoms with Crippen molar-refractivity contribution in [2.24, 2.45) is 5.92 Å². The van der Waals surface area contributed by atoms with Gasteiger partial charge in [0.25, 0.3) is 11.8 Å². The fraction of sp³-hybridized carbons (Fsp3) is 0.333. The van der Waals surface area contributed by atoms with Gasteiger partial charge in [0, 0.05) is 38.2 Å². The Hall–Kier alpha value is -3.22. The van der Waals surface area contributed by atoms with Crippen molar-refractivity contribution in [3.8, 4) is 0 Å². The van der Waals surface area contributed by atoms with E-state index in [-0.39, 0.29) is 17.6 Å². The van der Waals surface area contributed by atoms with Gasteiger partial charge in [-0.3, -0.25) is 19.0 Å². The summed E-state index contributed by atoms with van der Waals surface area (Å²) in [5, 5.41) is 2.86. The molecular weight excluding hydrogens is 354 g/mol. The average Bonchev–Trinajstić information content (AvgIpc) is 3.12. The first-order chi connectivity index (χ1) is 13.6. The number of likely N-dealkylation sites (tertiary alicyclic amines) is 1. The van der Waals surface area contributed by atoms with Crippen molar-refractivity contribution in [1.29, 1.82) is 0 Å². The van der Waals surface area contributed by atoms with E-state index in [2.05, 4.69) is 22.2 Å². The summed E-state index contributed by atoms with van der Waals surface area (Å²) in [6.07, 6.45) is 7.28. The van der Waals surface area contributed by atoms with E-state index >= 15 is 0 Å². The van der Waals surface area contributed by atoms with Crippen LogP contribution in [0.2, 0.25) is 0 Å². The number of hydrogen-bond donors (Lipinski definition) is 1. The van der Waals surface area contributed by atoms with Gasteiger partial charge in [-0.25, -0.2) is 4.98 Å². The molecule has 1 fully saturated rings. The number of nitrogens with zero attached hydrogens (tertiary/aromatic N) is 4. The molecule has 7 nitrogen and oxygen atoms in total. The van der Waals surface area contributed by atoms with Gasteiger partial charge in [-0.15, -0.1) is 0 Å². The highest BCUT2D eigenvalue weighted by Gasteiger charge is 2.27. The highest BCUT2D eigenvalue weighted by Crippen LogP contribution is 2.20. The minimum absolute atomic E-state index is 0.110. The lowest BCUT2D eigenvalue weighted by atomic mass is 10.00. The van der Waals surface area contributed by atoms with Crippen molar-refractivity contribution in [2.45, 2.75) is 26.3 Å². The molecule has 2 amide bonds. The molecule has 3 aromatic heterocycles. The second-order valence-electron chi connectivity index (χ2n) is 7.28. The lowest BCUT2D eigenvalue weighted by Gasteiger charge is -2.30. The van der Waals surface area contributed by atoms with Gasteiger partial charge in [0.2, 0.25) is 5.82 Å². The number of imidazole rings is 1. The smallest absolute Gasteiger partial charge is 0.287 e. The van der Waals surface area contributed by atoms with E-state index in [1.807, 2.05) is 35.2 Å². The fourth-order valence-electron chi connectivity index (χ4n) is 3.64. The van der Waals surface area contributed by atoms with Crippen molar-refractivity contribution >= 4 is 17.3 Å². The van der Waals surface area contributed by atoms with Crippen LogP contribution in [-0.2, 0) is 6.54 Å². The molecule has 0 radical (unpaired) electrons. The Labute approximate surface area is 163 Å². The van der Waals surface area contributed by atoms with Crippen LogP contribution in [-0.4, -0.2) is 44.2 Å². The second kappa shape index (κ2) is 7.80. The molecule has 3 aromatic rings. The van der Waals surface area contributed by atoms with Gasteiger partial charge in [0.1, 0.15) is 0 Å². The SMILES string of the molecule is CC1CCCN(C(=O)c2nc(C(=O)NCc3cccnc3)n3ccccc23)C1. The summed E-state index contributed by atoms with van der Waals surface area (Å²) in [4.78, 5) is 36.2. The molecule has 0 bridgehead atoms. The van der Waals surface area contributed by atoms with Crippen LogP contribution in [0.15, 0.2) is 48.9 Å². The number of rotatable bonds is 4. The molecule has 1 atom stereocenters. The number of fused-ring (bicyclic) bond motifs is 1. The van der Waals surface area contributed by atoms with Crippen LogP contribution in [0.25, 0.3) is 5.52 Å². The minimum atomic E-state index is -0.323. The Kier molecular flexibility index (Phi) is 5.06. The Morgan fingerprint density at radius 2 is 2.14 bits per heavy atom. The zero-order valence-electron chi connectivity index (χ0n) is 15.8. The molecule has 28 heavy (non-hydrogen) atoms. The van der Waals surface area contributed by atoms with Crippen molar-refractivity contribution in [1.82, 2.24) is 24.6 Å². The average molecular weight is 377 g/mol. The van der Waals surface area contributed by atoms with E-state index < -0.39 is 0 Å². The zero-order valence-corrected chi connectivity index (χ0v) is 15.8. The predicted octanol–water partition coefficient (Wildman–Crippen LogP) is 2.53. The molecule has 0 saturated carbocycles. The highest BCUT2D eigenvalue weighted by atomic mass is 16.2. The number of hydrogen-bond acceptors (Lipinski definition) is 4. The summed E-state index contributed by atoms with van der Waals surface area (Å²) in [6, 6.07) is 9.21. The molecule has 0 aromatic carbocycles. The maximum absolute atomic E-state index is 13.1. The topological polar surface area (TPSA) is 79.6 Å². The van der Waals surface area contributed by atoms with Gasteiger partial charge in [0.05, 0.1) is 5.52 Å². The number of carbonyl (C=O) groups is 2. The zero-order chi connectivity index (χ0) is 19.5. The molecule has 1 aliphatic rings. The van der Waals surface area contributed by atoms with Crippen LogP contribution in [0, 0.1) is 5.92 Å². The van der Waals surface area contributed by atoms with Crippen LogP contribution in [0.3, 0.4) is 0 Å². The number of aromatic nitrogens is 3. The third kappa shape index (κ3) is 3.60. The molecule has 7 heteroatoms. The summed E-state index contributed by atoms with van der Waals surface area (Å²) in [5.74, 6) is 0.263. The number of pyridine rings is 2. The molecule has 1 aliphatic heterocycles. The highest BCUT2D eigenvalue weighted by molar-refractivity contribution is 6.02. The van der Waals surface area contributed by atoms with E-state index in [1.165, 1.54) is 0 Å². The monoisotopic (exact) mass is 377 g/mol. The Balaban J connectivity index is 1.61. The van der Waals surface area contributed by atoms with E-state index in [9.17, 15) is 9.59 Å². The van der Waals surface area contributed by atoms with Gasteiger partial charge in [-0.05, 0) is 42.5 Å². The maximum Gasteiger partial charge on any atom is 0.287 e. The van der Waals surface area contributed by atoms with Crippen LogP contribution < -0.4 is 5.32 Å². The van der Waals surface area contributed by atoms with E-state index in [0.29, 0.717) is 23.7 Å². The van der Waals surface area contributed by atoms with E-state index in [0.717, 1.165) is 31.5 Å². The molecule has 1 unspecified atom stereocenters. The summed E-state index contributed by atoms with van der Waals surface area (Å²) in [6.45, 7) is 3.97. The largest absolute Gasteiger partial charge is 0.345 e. The van der Waals surface area contributed by atoms with Gasteiger partial charge in [0.15, 0.2) is 5.69 Å². The first-order valence-electron chi connectivity index (χ1n) is 9.57. The summed E-state index contributed by atoms with van der Waals surface area (Å²) in [5.41, 5.74) is 1.88. The Morgan fingerprint density at radius 3 is 2.93 bits per heavy atom. The molecule has 144 valence electrons. The molecule has 1 saturated heterocycles. The molecular formula is C21H23N5O2. The van der Waals surface area contributed by atoms with Gasteiger partial charge in [-0.1, -0.05) is 19.1 Å². The third-order valence-electron chi connectivity index (χ3n) is 5.07. The van der Waals surface area contributed by atoms with Crippen molar-refractivity contribution in [3.63, 3.8) is 0 Å². The fourth-order valence-corrected chi connectivity index (χ4v) is 3.64. The third-order valence-corrected chi connectivity index (χ3v) is 5.07. The van der Waals surface area contributed by atoms with Crippen LogP contribution >= 0.6 is 0 Å². The van der Waals surface area contributed by atoms with Crippen LogP contribution in [0.4, 0.5) is 0 Å². The normalized spacial score (nSPS) is 16.9. The summed E-state index contributed by atoms with van der Waals surface area (Å²) >= 11 is 0.